The molecule has 3 rings (SSSR count). The number of nitrogens with one attached hydrogen (secondary N) is 1. The Balaban J connectivity index is 1.74. The molecule has 0 aliphatic rings. The van der Waals surface area contributed by atoms with E-state index in [2.05, 4.69) is 20.4 Å². The van der Waals surface area contributed by atoms with Crippen molar-refractivity contribution in [3.63, 3.8) is 0 Å². The third-order valence-electron chi connectivity index (χ3n) is 3.94. The average molecular weight is 367 g/mol. The molecule has 0 saturated carbocycles. The van der Waals surface area contributed by atoms with Gasteiger partial charge in [0, 0.05) is 17.8 Å². The standard InChI is InChI=1S/C16H16F3N5O2/c1-9-12(5-6-13(25)20-8-11-4-3-7-26-11)10(2)24-15(21-9)22-14(23-24)16(17,18)19/h3-4,7H,5-6,8H2,1-2H3,(H,20,25). The highest BCUT2D eigenvalue weighted by Crippen LogP contribution is 2.27. The topological polar surface area (TPSA) is 85.3 Å². The molecule has 138 valence electrons. The van der Waals surface area contributed by atoms with Gasteiger partial charge in [0.15, 0.2) is 0 Å². The third-order valence-corrected chi connectivity index (χ3v) is 3.94. The minimum absolute atomic E-state index is 0.113. The highest BCUT2D eigenvalue weighted by molar-refractivity contribution is 5.76. The highest BCUT2D eigenvalue weighted by atomic mass is 19.4. The Bertz CT molecular complexity index is 932. The largest absolute Gasteiger partial charge is 0.467 e. The van der Waals surface area contributed by atoms with Crippen LogP contribution in [0.2, 0.25) is 0 Å². The van der Waals surface area contributed by atoms with E-state index in [1.165, 1.54) is 6.26 Å². The van der Waals surface area contributed by atoms with Gasteiger partial charge in [0.25, 0.3) is 11.6 Å². The van der Waals surface area contributed by atoms with E-state index in [1.807, 2.05) is 0 Å². The van der Waals surface area contributed by atoms with Gasteiger partial charge in [0.2, 0.25) is 5.91 Å². The van der Waals surface area contributed by atoms with Crippen LogP contribution < -0.4 is 5.32 Å². The highest BCUT2D eigenvalue weighted by Gasteiger charge is 2.36. The van der Waals surface area contributed by atoms with Gasteiger partial charge < -0.3 is 9.73 Å². The van der Waals surface area contributed by atoms with E-state index in [4.69, 9.17) is 4.42 Å². The summed E-state index contributed by atoms with van der Waals surface area (Å²) >= 11 is 0. The molecule has 0 bridgehead atoms. The number of carbonyl (C=O) groups excluding carboxylic acids is 1. The Morgan fingerprint density at radius 2 is 2.08 bits per heavy atom. The number of hydrogen-bond acceptors (Lipinski definition) is 5. The molecule has 3 aromatic heterocycles. The first-order valence-corrected chi connectivity index (χ1v) is 7.85. The van der Waals surface area contributed by atoms with E-state index in [0.717, 1.165) is 4.52 Å². The number of fused-ring (bicyclic) bond motifs is 1. The Morgan fingerprint density at radius 3 is 2.73 bits per heavy atom. The van der Waals surface area contributed by atoms with E-state index < -0.39 is 12.0 Å². The second kappa shape index (κ2) is 6.77. The number of rotatable bonds is 5. The second-order valence-electron chi connectivity index (χ2n) is 5.76. The lowest BCUT2D eigenvalue weighted by atomic mass is 10.1. The molecule has 0 fully saturated rings. The molecule has 3 aromatic rings. The first-order chi connectivity index (χ1) is 12.3. The van der Waals surface area contributed by atoms with Crippen LogP contribution in [-0.2, 0) is 23.9 Å². The molecular formula is C16H16F3N5O2. The number of halogens is 3. The molecule has 0 unspecified atom stereocenters. The summed E-state index contributed by atoms with van der Waals surface area (Å²) in [6, 6.07) is 3.47. The van der Waals surface area contributed by atoms with Crippen molar-refractivity contribution in [2.24, 2.45) is 0 Å². The Kier molecular flexibility index (Phi) is 4.66. The van der Waals surface area contributed by atoms with Crippen molar-refractivity contribution < 1.29 is 22.4 Å². The second-order valence-corrected chi connectivity index (χ2v) is 5.76. The maximum absolute atomic E-state index is 12.8. The van der Waals surface area contributed by atoms with E-state index in [9.17, 15) is 18.0 Å². The van der Waals surface area contributed by atoms with Gasteiger partial charge >= 0.3 is 6.18 Å². The predicted octanol–water partition coefficient (Wildman–Crippen LogP) is 2.60. The SMILES string of the molecule is Cc1nc2nc(C(F)(F)F)nn2c(C)c1CCC(=O)NCc1ccco1. The number of alkyl halides is 3. The molecule has 0 aliphatic heterocycles. The van der Waals surface area contributed by atoms with Crippen molar-refractivity contribution in [1.82, 2.24) is 24.9 Å². The van der Waals surface area contributed by atoms with Crippen LogP contribution >= 0.6 is 0 Å². The zero-order valence-electron chi connectivity index (χ0n) is 14.1. The molecule has 0 atom stereocenters. The summed E-state index contributed by atoms with van der Waals surface area (Å²) in [5.41, 5.74) is 1.67. The number of amides is 1. The molecule has 0 aromatic carbocycles. The van der Waals surface area contributed by atoms with Crippen LogP contribution in [0, 0.1) is 13.8 Å². The van der Waals surface area contributed by atoms with Crippen LogP contribution in [0.25, 0.3) is 5.78 Å². The number of hydrogen-bond donors (Lipinski definition) is 1. The van der Waals surface area contributed by atoms with Gasteiger partial charge in [0.05, 0.1) is 12.8 Å². The minimum Gasteiger partial charge on any atom is -0.467 e. The monoisotopic (exact) mass is 367 g/mol. The van der Waals surface area contributed by atoms with Crippen LogP contribution in [0.4, 0.5) is 13.2 Å². The normalized spacial score (nSPS) is 11.9. The lowest BCUT2D eigenvalue weighted by Gasteiger charge is -2.10. The van der Waals surface area contributed by atoms with E-state index in [-0.39, 0.29) is 24.7 Å². The van der Waals surface area contributed by atoms with E-state index in [1.54, 1.807) is 26.0 Å². The number of carbonyl (C=O) groups is 1. The maximum Gasteiger partial charge on any atom is 0.453 e. The molecule has 0 spiro atoms. The van der Waals surface area contributed by atoms with Gasteiger partial charge in [-0.2, -0.15) is 18.2 Å². The molecule has 1 amide bonds. The summed E-state index contributed by atoms with van der Waals surface area (Å²) < 4.78 is 44.6. The summed E-state index contributed by atoms with van der Waals surface area (Å²) in [6.45, 7) is 3.58. The van der Waals surface area contributed by atoms with Crippen LogP contribution in [0.5, 0.6) is 0 Å². The molecule has 1 N–H and O–H groups in total. The number of furan rings is 1. The lowest BCUT2D eigenvalue weighted by Crippen LogP contribution is -2.23. The maximum atomic E-state index is 12.8. The van der Waals surface area contributed by atoms with Gasteiger partial charge in [0.1, 0.15) is 5.76 Å². The Hall–Kier alpha value is -2.91. The zero-order valence-corrected chi connectivity index (χ0v) is 14.1. The van der Waals surface area contributed by atoms with Crippen molar-refractivity contribution >= 4 is 11.7 Å². The van der Waals surface area contributed by atoms with Crippen LogP contribution in [-0.4, -0.2) is 25.5 Å². The lowest BCUT2D eigenvalue weighted by molar-refractivity contribution is -0.144. The van der Waals surface area contributed by atoms with Gasteiger partial charge in [-0.15, -0.1) is 5.10 Å². The summed E-state index contributed by atoms with van der Waals surface area (Å²) in [7, 11) is 0. The van der Waals surface area contributed by atoms with Crippen molar-refractivity contribution in [2.75, 3.05) is 0 Å². The first kappa shape index (κ1) is 17.9. The average Bonchev–Trinajstić information content (AvgIpc) is 3.21. The quantitative estimate of drug-likeness (QED) is 0.749. The molecule has 7 nitrogen and oxygen atoms in total. The summed E-state index contributed by atoms with van der Waals surface area (Å²) in [4.78, 5) is 19.5. The molecule has 0 radical (unpaired) electrons. The summed E-state index contributed by atoms with van der Waals surface area (Å²) in [5.74, 6) is -0.912. The summed E-state index contributed by atoms with van der Waals surface area (Å²) in [6.07, 6.45) is -2.63. The van der Waals surface area contributed by atoms with Gasteiger partial charge in [-0.25, -0.2) is 9.50 Å². The molecule has 26 heavy (non-hydrogen) atoms. The first-order valence-electron chi connectivity index (χ1n) is 7.85. The van der Waals surface area contributed by atoms with Gasteiger partial charge in [-0.05, 0) is 38.0 Å². The van der Waals surface area contributed by atoms with E-state index >= 15 is 0 Å². The fourth-order valence-corrected chi connectivity index (χ4v) is 2.62. The fraction of sp³-hybridized carbons (Fsp3) is 0.375. The van der Waals surface area contributed by atoms with Crippen LogP contribution in [0.3, 0.4) is 0 Å². The van der Waals surface area contributed by atoms with Crippen molar-refractivity contribution in [2.45, 2.75) is 39.4 Å². The smallest absolute Gasteiger partial charge is 0.453 e. The molecule has 0 saturated heterocycles. The predicted molar refractivity (Wildman–Crippen MR) is 84.1 cm³/mol. The van der Waals surface area contributed by atoms with Crippen LogP contribution in [0.15, 0.2) is 22.8 Å². The van der Waals surface area contributed by atoms with Crippen molar-refractivity contribution in [3.05, 3.63) is 46.9 Å². The fourth-order valence-electron chi connectivity index (χ4n) is 2.62. The van der Waals surface area contributed by atoms with Gasteiger partial charge in [-0.3, -0.25) is 4.79 Å². The van der Waals surface area contributed by atoms with Gasteiger partial charge in [-0.1, -0.05) is 0 Å². The number of aryl methyl sites for hydroxylation is 2. The van der Waals surface area contributed by atoms with Crippen LogP contribution in [0.1, 0.15) is 35.0 Å². The Morgan fingerprint density at radius 1 is 1.31 bits per heavy atom. The minimum atomic E-state index is -4.64. The Labute approximate surface area is 146 Å². The molecule has 10 heteroatoms. The summed E-state index contributed by atoms with van der Waals surface area (Å²) in [5, 5.41) is 6.21. The van der Waals surface area contributed by atoms with Crippen molar-refractivity contribution in [3.8, 4) is 0 Å². The number of nitrogens with zero attached hydrogens (tertiary/aromatic N) is 4. The van der Waals surface area contributed by atoms with Crippen molar-refractivity contribution in [1.29, 1.82) is 0 Å². The molecular weight excluding hydrogens is 351 g/mol. The third kappa shape index (κ3) is 3.68. The molecule has 0 aliphatic carbocycles. The van der Waals surface area contributed by atoms with E-state index in [0.29, 0.717) is 29.1 Å². The molecule has 3 heterocycles. The number of aromatic nitrogens is 4. The zero-order chi connectivity index (χ0) is 18.9.